The van der Waals surface area contributed by atoms with Gasteiger partial charge in [-0.05, 0) is 43.4 Å². The predicted molar refractivity (Wildman–Crippen MR) is 71.2 cm³/mol. The number of rotatable bonds is 5. The monoisotopic (exact) mass is 282 g/mol. The molecule has 1 aliphatic rings. The van der Waals surface area contributed by atoms with E-state index < -0.39 is 11.8 Å². The van der Waals surface area contributed by atoms with Gasteiger partial charge in [0.05, 0.1) is 24.4 Å². The summed E-state index contributed by atoms with van der Waals surface area (Å²) in [5.41, 5.74) is 0.354. The first-order chi connectivity index (χ1) is 9.60. The summed E-state index contributed by atoms with van der Waals surface area (Å²) < 4.78 is 24.4. The number of methoxy groups -OCH3 is 1. The van der Waals surface area contributed by atoms with Crippen molar-refractivity contribution in [3.05, 3.63) is 35.1 Å². The molecule has 1 saturated carbocycles. The van der Waals surface area contributed by atoms with Crippen LogP contribution in [0.15, 0.2) is 18.2 Å². The van der Waals surface area contributed by atoms with Crippen LogP contribution in [0.3, 0.4) is 0 Å². The van der Waals surface area contributed by atoms with Crippen LogP contribution in [0.5, 0.6) is 0 Å². The Hall–Kier alpha value is -1.46. The molecule has 1 aromatic carbocycles. The third-order valence-electron chi connectivity index (χ3n) is 3.66. The molecule has 2 unspecified atom stereocenters. The van der Waals surface area contributed by atoms with Crippen molar-refractivity contribution in [2.45, 2.75) is 44.5 Å². The fourth-order valence-electron chi connectivity index (χ4n) is 2.51. The van der Waals surface area contributed by atoms with E-state index in [1.807, 2.05) is 0 Å². The minimum Gasteiger partial charge on any atom is -0.478 e. The first-order valence-corrected chi connectivity index (χ1v) is 6.76. The highest BCUT2D eigenvalue weighted by atomic mass is 19.1. The average molecular weight is 282 g/mol. The van der Waals surface area contributed by atoms with Gasteiger partial charge in [-0.15, -0.1) is 0 Å². The molecule has 1 aromatic rings. The highest BCUT2D eigenvalue weighted by Gasteiger charge is 2.22. The van der Waals surface area contributed by atoms with Gasteiger partial charge >= 0.3 is 5.97 Å². The lowest BCUT2D eigenvalue weighted by Crippen LogP contribution is -2.27. The summed E-state index contributed by atoms with van der Waals surface area (Å²) in [4.78, 5) is 10.9. The lowest BCUT2D eigenvalue weighted by Gasteiger charge is -2.28. The largest absolute Gasteiger partial charge is 0.478 e. The zero-order valence-corrected chi connectivity index (χ0v) is 11.5. The molecule has 0 spiro atoms. The van der Waals surface area contributed by atoms with Crippen LogP contribution < -0.4 is 0 Å². The zero-order valence-electron chi connectivity index (χ0n) is 11.5. The molecule has 0 heterocycles. The predicted octanol–water partition coefficient (Wildman–Crippen LogP) is 3.00. The minimum absolute atomic E-state index is 0.118. The maximum Gasteiger partial charge on any atom is 0.338 e. The van der Waals surface area contributed by atoms with Gasteiger partial charge in [-0.2, -0.15) is 0 Å². The third kappa shape index (κ3) is 3.77. The number of ether oxygens (including phenoxy) is 2. The van der Waals surface area contributed by atoms with Gasteiger partial charge in [-0.25, -0.2) is 9.18 Å². The number of hydrogen-bond donors (Lipinski definition) is 1. The fourth-order valence-corrected chi connectivity index (χ4v) is 2.51. The van der Waals surface area contributed by atoms with E-state index in [9.17, 15) is 9.18 Å². The van der Waals surface area contributed by atoms with Gasteiger partial charge in [0.15, 0.2) is 0 Å². The fraction of sp³-hybridized carbons (Fsp3) is 0.533. The number of carboxylic acids is 1. The molecule has 2 rings (SSSR count). The van der Waals surface area contributed by atoms with Crippen LogP contribution in [0.1, 0.15) is 41.6 Å². The van der Waals surface area contributed by atoms with Crippen molar-refractivity contribution in [2.24, 2.45) is 0 Å². The van der Waals surface area contributed by atoms with Crippen molar-refractivity contribution >= 4 is 5.97 Å². The molecule has 0 aliphatic heterocycles. The van der Waals surface area contributed by atoms with Crippen LogP contribution in [-0.4, -0.2) is 30.4 Å². The second kappa shape index (κ2) is 6.81. The van der Waals surface area contributed by atoms with Crippen LogP contribution >= 0.6 is 0 Å². The molecule has 1 aliphatic carbocycles. The maximum absolute atomic E-state index is 13.3. The van der Waals surface area contributed by atoms with Gasteiger partial charge in [0, 0.05) is 7.11 Å². The van der Waals surface area contributed by atoms with Crippen molar-refractivity contribution in [3.8, 4) is 0 Å². The quantitative estimate of drug-likeness (QED) is 0.902. The molecule has 2 atom stereocenters. The van der Waals surface area contributed by atoms with Crippen molar-refractivity contribution in [1.29, 1.82) is 0 Å². The van der Waals surface area contributed by atoms with E-state index in [-0.39, 0.29) is 17.8 Å². The summed E-state index contributed by atoms with van der Waals surface area (Å²) in [6.07, 6.45) is 4.29. The summed E-state index contributed by atoms with van der Waals surface area (Å²) in [7, 11) is 1.70. The molecule has 4 nitrogen and oxygen atoms in total. The van der Waals surface area contributed by atoms with E-state index in [4.69, 9.17) is 14.6 Å². The highest BCUT2D eigenvalue weighted by molar-refractivity contribution is 5.88. The summed E-state index contributed by atoms with van der Waals surface area (Å²) in [5, 5.41) is 8.88. The van der Waals surface area contributed by atoms with Crippen molar-refractivity contribution in [3.63, 3.8) is 0 Å². The first-order valence-electron chi connectivity index (χ1n) is 6.76. The highest BCUT2D eigenvalue weighted by Crippen LogP contribution is 2.24. The number of halogens is 1. The molecular formula is C15H19FO4. The molecule has 5 heteroatoms. The molecule has 20 heavy (non-hydrogen) atoms. The summed E-state index contributed by atoms with van der Waals surface area (Å²) in [6, 6.07) is 4.05. The second-order valence-electron chi connectivity index (χ2n) is 5.08. The zero-order chi connectivity index (χ0) is 14.5. The lowest BCUT2D eigenvalue weighted by atomic mass is 9.95. The van der Waals surface area contributed by atoms with E-state index in [1.165, 1.54) is 12.1 Å². The number of hydrogen-bond acceptors (Lipinski definition) is 3. The van der Waals surface area contributed by atoms with Gasteiger partial charge < -0.3 is 14.6 Å². The topological polar surface area (TPSA) is 55.8 Å². The Morgan fingerprint density at radius 1 is 1.40 bits per heavy atom. The lowest BCUT2D eigenvalue weighted by molar-refractivity contribution is -0.0363. The average Bonchev–Trinajstić information content (AvgIpc) is 2.46. The van der Waals surface area contributed by atoms with Crippen molar-refractivity contribution < 1.29 is 23.8 Å². The molecule has 0 bridgehead atoms. The van der Waals surface area contributed by atoms with Gasteiger partial charge in [-0.3, -0.25) is 0 Å². The summed E-state index contributed by atoms with van der Waals surface area (Å²) in [5.74, 6) is -1.99. The van der Waals surface area contributed by atoms with Crippen LogP contribution in [-0.2, 0) is 16.1 Å². The van der Waals surface area contributed by atoms with Crippen LogP contribution in [0.4, 0.5) is 4.39 Å². The molecule has 0 aromatic heterocycles. The Bertz CT molecular complexity index is 475. The smallest absolute Gasteiger partial charge is 0.338 e. The summed E-state index contributed by atoms with van der Waals surface area (Å²) >= 11 is 0. The number of carbonyl (C=O) groups is 1. The normalized spacial score (nSPS) is 22.7. The number of benzene rings is 1. The van der Waals surface area contributed by atoms with Crippen LogP contribution in [0, 0.1) is 5.82 Å². The Morgan fingerprint density at radius 2 is 2.15 bits per heavy atom. The van der Waals surface area contributed by atoms with E-state index in [1.54, 1.807) is 13.2 Å². The summed E-state index contributed by atoms with van der Waals surface area (Å²) in [6.45, 7) is 0.293. The Kier molecular flexibility index (Phi) is 5.09. The van der Waals surface area contributed by atoms with Gasteiger partial charge in [0.1, 0.15) is 5.82 Å². The SMILES string of the molecule is COC1CCCC(OCc2ccc(F)c(C(=O)O)c2)C1. The van der Waals surface area contributed by atoms with Crippen molar-refractivity contribution in [1.82, 2.24) is 0 Å². The van der Waals surface area contributed by atoms with Gasteiger partial charge in [0.25, 0.3) is 0 Å². The standard InChI is InChI=1S/C15H19FO4/c1-19-11-3-2-4-12(8-11)20-9-10-5-6-14(16)13(7-10)15(17)18/h5-7,11-12H,2-4,8-9H2,1H3,(H,17,18). The van der Waals surface area contributed by atoms with Gasteiger partial charge in [-0.1, -0.05) is 6.07 Å². The Balaban J connectivity index is 1.93. The van der Waals surface area contributed by atoms with Crippen LogP contribution in [0.2, 0.25) is 0 Å². The van der Waals surface area contributed by atoms with Gasteiger partial charge in [0.2, 0.25) is 0 Å². The second-order valence-corrected chi connectivity index (χ2v) is 5.08. The third-order valence-corrected chi connectivity index (χ3v) is 3.66. The molecule has 0 amide bonds. The Morgan fingerprint density at radius 3 is 2.85 bits per heavy atom. The van der Waals surface area contributed by atoms with Crippen molar-refractivity contribution in [2.75, 3.05) is 7.11 Å². The number of carboxylic acid groups (broad SMARTS) is 1. The molecule has 1 N–H and O–H groups in total. The molecule has 110 valence electrons. The van der Waals surface area contributed by atoms with E-state index >= 15 is 0 Å². The molecule has 0 saturated heterocycles. The van der Waals surface area contributed by atoms with E-state index in [0.717, 1.165) is 25.7 Å². The molecule has 0 radical (unpaired) electrons. The Labute approximate surface area is 117 Å². The first kappa shape index (κ1) is 14.9. The molecule has 1 fully saturated rings. The molecular weight excluding hydrogens is 263 g/mol. The maximum atomic E-state index is 13.3. The van der Waals surface area contributed by atoms with Crippen LogP contribution in [0.25, 0.3) is 0 Å². The van der Waals surface area contributed by atoms with E-state index in [0.29, 0.717) is 12.2 Å². The van der Waals surface area contributed by atoms with E-state index in [2.05, 4.69) is 0 Å². The minimum atomic E-state index is -1.26. The number of aromatic carboxylic acids is 1.